The third kappa shape index (κ3) is 2.80. The summed E-state index contributed by atoms with van der Waals surface area (Å²) >= 11 is 3.26. The van der Waals surface area contributed by atoms with Gasteiger partial charge in [0.15, 0.2) is 0 Å². The Hall–Kier alpha value is -1.54. The van der Waals surface area contributed by atoms with Gasteiger partial charge in [-0.3, -0.25) is 9.82 Å². The van der Waals surface area contributed by atoms with Crippen molar-refractivity contribution in [2.75, 3.05) is 11.8 Å². The van der Waals surface area contributed by atoms with Gasteiger partial charge in [-0.2, -0.15) is 5.10 Å². The standard InChI is InChI=1S/C12H14BrN3O3S/c1-7-12(8(2)15-14-7)16-20(17,18)11-6-9(13)4-5-10(11)19-3/h4-6,16H,1-3H3,(H,14,15). The van der Waals surface area contributed by atoms with E-state index >= 15 is 0 Å². The van der Waals surface area contributed by atoms with Crippen LogP contribution in [-0.2, 0) is 10.0 Å². The molecular weight excluding hydrogens is 346 g/mol. The maximum Gasteiger partial charge on any atom is 0.265 e. The third-order valence-corrected chi connectivity index (χ3v) is 4.64. The molecule has 0 aliphatic rings. The first kappa shape index (κ1) is 14.9. The van der Waals surface area contributed by atoms with E-state index in [9.17, 15) is 8.42 Å². The Bertz CT molecular complexity index is 721. The predicted octanol–water partition coefficient (Wildman–Crippen LogP) is 2.60. The Balaban J connectivity index is 2.48. The van der Waals surface area contributed by atoms with E-state index in [1.165, 1.54) is 13.2 Å². The molecule has 0 bridgehead atoms. The van der Waals surface area contributed by atoms with Gasteiger partial charge in [-0.25, -0.2) is 8.42 Å². The van der Waals surface area contributed by atoms with Gasteiger partial charge in [-0.15, -0.1) is 0 Å². The molecule has 20 heavy (non-hydrogen) atoms. The van der Waals surface area contributed by atoms with Crippen LogP contribution in [0.15, 0.2) is 27.6 Å². The maximum absolute atomic E-state index is 12.5. The summed E-state index contributed by atoms with van der Waals surface area (Å²) in [5, 5.41) is 6.70. The highest BCUT2D eigenvalue weighted by molar-refractivity contribution is 9.10. The minimum absolute atomic E-state index is 0.0642. The molecule has 0 spiro atoms. The number of hydrogen-bond donors (Lipinski definition) is 2. The lowest BCUT2D eigenvalue weighted by molar-refractivity contribution is 0.403. The SMILES string of the molecule is COc1ccc(Br)cc1S(=O)(=O)Nc1c(C)n[nH]c1C. The Morgan fingerprint density at radius 2 is 2.05 bits per heavy atom. The highest BCUT2D eigenvalue weighted by Crippen LogP contribution is 2.30. The number of aryl methyl sites for hydroxylation is 2. The molecule has 1 heterocycles. The van der Waals surface area contributed by atoms with Crippen LogP contribution in [0.25, 0.3) is 0 Å². The monoisotopic (exact) mass is 359 g/mol. The van der Waals surface area contributed by atoms with Gasteiger partial charge >= 0.3 is 0 Å². The van der Waals surface area contributed by atoms with Crippen LogP contribution in [0.1, 0.15) is 11.4 Å². The summed E-state index contributed by atoms with van der Waals surface area (Å²) < 4.78 is 33.3. The first-order valence-corrected chi connectivity index (χ1v) is 8.00. The summed E-state index contributed by atoms with van der Waals surface area (Å²) in [4.78, 5) is 0.0642. The highest BCUT2D eigenvalue weighted by Gasteiger charge is 2.22. The normalized spacial score (nSPS) is 11.4. The molecule has 0 radical (unpaired) electrons. The fourth-order valence-electron chi connectivity index (χ4n) is 1.75. The van der Waals surface area contributed by atoms with Crippen molar-refractivity contribution in [1.29, 1.82) is 0 Å². The van der Waals surface area contributed by atoms with Gasteiger partial charge in [0.05, 0.1) is 24.2 Å². The maximum atomic E-state index is 12.5. The second kappa shape index (κ2) is 5.45. The van der Waals surface area contributed by atoms with Crippen LogP contribution in [0, 0.1) is 13.8 Å². The van der Waals surface area contributed by atoms with Gasteiger partial charge < -0.3 is 4.74 Å². The first-order valence-electron chi connectivity index (χ1n) is 5.73. The van der Waals surface area contributed by atoms with Crippen LogP contribution < -0.4 is 9.46 Å². The molecule has 2 aromatic rings. The fraction of sp³-hybridized carbons (Fsp3) is 0.250. The number of halogens is 1. The largest absolute Gasteiger partial charge is 0.495 e. The van der Waals surface area contributed by atoms with Crippen LogP contribution in [0.4, 0.5) is 5.69 Å². The number of ether oxygens (including phenoxy) is 1. The fourth-order valence-corrected chi connectivity index (χ4v) is 3.64. The minimum atomic E-state index is -3.76. The van der Waals surface area contributed by atoms with Gasteiger partial charge in [0.2, 0.25) is 0 Å². The summed E-state index contributed by atoms with van der Waals surface area (Å²) in [6, 6.07) is 4.80. The molecule has 0 aliphatic heterocycles. The van der Waals surface area contributed by atoms with E-state index in [0.29, 0.717) is 21.5 Å². The quantitative estimate of drug-likeness (QED) is 0.878. The van der Waals surface area contributed by atoms with E-state index in [1.54, 1.807) is 26.0 Å². The second-order valence-corrected chi connectivity index (χ2v) is 6.78. The first-order chi connectivity index (χ1) is 9.35. The molecule has 0 aliphatic carbocycles. The Morgan fingerprint density at radius 1 is 1.35 bits per heavy atom. The summed E-state index contributed by atoms with van der Waals surface area (Å²) in [6.07, 6.45) is 0. The smallest absolute Gasteiger partial charge is 0.265 e. The Morgan fingerprint density at radius 3 is 2.60 bits per heavy atom. The molecule has 0 unspecified atom stereocenters. The predicted molar refractivity (Wildman–Crippen MR) is 79.6 cm³/mol. The number of anilines is 1. The van der Waals surface area contributed by atoms with Gasteiger partial charge in [0, 0.05) is 4.47 Å². The molecular formula is C12H14BrN3O3S. The lowest BCUT2D eigenvalue weighted by Gasteiger charge is -2.12. The number of hydrogen-bond acceptors (Lipinski definition) is 4. The Kier molecular flexibility index (Phi) is 4.05. The number of aromatic nitrogens is 2. The van der Waals surface area contributed by atoms with Crippen molar-refractivity contribution in [3.8, 4) is 5.75 Å². The summed E-state index contributed by atoms with van der Waals surface area (Å²) in [6.45, 7) is 3.47. The zero-order chi connectivity index (χ0) is 14.9. The number of H-pyrrole nitrogens is 1. The highest BCUT2D eigenvalue weighted by atomic mass is 79.9. The van der Waals surface area contributed by atoms with Crippen LogP contribution in [0.3, 0.4) is 0 Å². The van der Waals surface area contributed by atoms with E-state index in [1.807, 2.05) is 0 Å². The molecule has 0 saturated carbocycles. The van der Waals surface area contributed by atoms with Crippen LogP contribution in [0.5, 0.6) is 5.75 Å². The van der Waals surface area contributed by atoms with E-state index in [0.717, 1.165) is 0 Å². The number of sulfonamides is 1. The van der Waals surface area contributed by atoms with E-state index < -0.39 is 10.0 Å². The number of nitrogens with one attached hydrogen (secondary N) is 2. The summed E-state index contributed by atoms with van der Waals surface area (Å²) in [5.74, 6) is 0.277. The number of benzene rings is 1. The summed E-state index contributed by atoms with van der Waals surface area (Å²) in [7, 11) is -2.33. The van der Waals surface area contributed by atoms with Crippen LogP contribution in [-0.4, -0.2) is 25.7 Å². The number of aromatic amines is 1. The summed E-state index contributed by atoms with van der Waals surface area (Å²) in [5.41, 5.74) is 1.69. The minimum Gasteiger partial charge on any atom is -0.495 e. The van der Waals surface area contributed by atoms with E-state index in [4.69, 9.17) is 4.74 Å². The Labute approximate surface area is 125 Å². The van der Waals surface area contributed by atoms with Crippen molar-refractivity contribution in [1.82, 2.24) is 10.2 Å². The molecule has 0 amide bonds. The third-order valence-electron chi connectivity index (χ3n) is 2.78. The lowest BCUT2D eigenvalue weighted by Crippen LogP contribution is -2.15. The van der Waals surface area contributed by atoms with Gasteiger partial charge in [-0.1, -0.05) is 15.9 Å². The molecule has 2 N–H and O–H groups in total. The second-order valence-electron chi connectivity index (χ2n) is 4.21. The van der Waals surface area contributed by atoms with E-state index in [2.05, 4.69) is 30.8 Å². The number of rotatable bonds is 4. The molecule has 6 nitrogen and oxygen atoms in total. The van der Waals surface area contributed by atoms with Crippen LogP contribution in [0.2, 0.25) is 0 Å². The average Bonchev–Trinajstić information content (AvgIpc) is 2.70. The molecule has 0 atom stereocenters. The molecule has 0 fully saturated rings. The van der Waals surface area contributed by atoms with Gasteiger partial charge in [0.25, 0.3) is 10.0 Å². The van der Waals surface area contributed by atoms with Crippen molar-refractivity contribution in [2.24, 2.45) is 0 Å². The van der Waals surface area contributed by atoms with Gasteiger partial charge in [-0.05, 0) is 32.0 Å². The topological polar surface area (TPSA) is 84.1 Å². The van der Waals surface area contributed by atoms with E-state index in [-0.39, 0.29) is 10.6 Å². The molecule has 1 aromatic heterocycles. The van der Waals surface area contributed by atoms with Crippen molar-refractivity contribution in [3.05, 3.63) is 34.1 Å². The zero-order valence-electron chi connectivity index (χ0n) is 11.2. The van der Waals surface area contributed by atoms with Crippen molar-refractivity contribution >= 4 is 31.6 Å². The molecule has 108 valence electrons. The van der Waals surface area contributed by atoms with Crippen molar-refractivity contribution < 1.29 is 13.2 Å². The van der Waals surface area contributed by atoms with Crippen LogP contribution >= 0.6 is 15.9 Å². The lowest BCUT2D eigenvalue weighted by atomic mass is 10.3. The molecule has 0 saturated heterocycles. The average molecular weight is 360 g/mol. The van der Waals surface area contributed by atoms with Gasteiger partial charge in [0.1, 0.15) is 10.6 Å². The number of methoxy groups -OCH3 is 1. The van der Waals surface area contributed by atoms with Crippen molar-refractivity contribution in [3.63, 3.8) is 0 Å². The zero-order valence-corrected chi connectivity index (χ0v) is 13.6. The molecule has 8 heteroatoms. The molecule has 1 aromatic carbocycles. The van der Waals surface area contributed by atoms with Crippen molar-refractivity contribution in [2.45, 2.75) is 18.7 Å². The molecule has 2 rings (SSSR count). The number of nitrogens with zero attached hydrogens (tertiary/aromatic N) is 1.